The molecule has 19 heavy (non-hydrogen) atoms. The van der Waals surface area contributed by atoms with Crippen molar-refractivity contribution < 1.29 is 4.74 Å². The quantitative estimate of drug-likeness (QED) is 0.944. The molecule has 2 heterocycles. The molecular formula is C14H16BrN3O. The summed E-state index contributed by atoms with van der Waals surface area (Å²) >= 11 is 3.55. The maximum absolute atomic E-state index is 6.26. The van der Waals surface area contributed by atoms with Crippen molar-refractivity contribution in [1.29, 1.82) is 0 Å². The largest absolute Gasteiger partial charge is 0.493 e. The molecule has 1 aromatic heterocycles. The molecule has 100 valence electrons. The first-order valence-electron chi connectivity index (χ1n) is 6.31. The topological polar surface area (TPSA) is 53.1 Å². The Hall–Kier alpha value is -1.33. The van der Waals surface area contributed by atoms with E-state index < -0.39 is 0 Å². The number of hydrogen-bond acceptors (Lipinski definition) is 3. The Balaban J connectivity index is 1.87. The maximum atomic E-state index is 6.26. The van der Waals surface area contributed by atoms with Gasteiger partial charge in [-0.2, -0.15) is 5.10 Å². The summed E-state index contributed by atoms with van der Waals surface area (Å²) in [5.41, 5.74) is 9.74. The smallest absolute Gasteiger partial charge is 0.125 e. The lowest BCUT2D eigenvalue weighted by Crippen LogP contribution is -2.13. The van der Waals surface area contributed by atoms with Crippen LogP contribution in [0.5, 0.6) is 5.75 Å². The normalized spacial score (nSPS) is 15.1. The molecule has 0 spiro atoms. The number of nitrogens with two attached hydrogens (primary N) is 1. The number of ether oxygens (including phenoxy) is 1. The molecule has 0 radical (unpaired) electrons. The van der Waals surface area contributed by atoms with Crippen LogP contribution in [0.2, 0.25) is 0 Å². The van der Waals surface area contributed by atoms with E-state index in [-0.39, 0.29) is 6.04 Å². The number of hydrogen-bond donors (Lipinski definition) is 1. The summed E-state index contributed by atoms with van der Waals surface area (Å²) in [6, 6.07) is 4.17. The van der Waals surface area contributed by atoms with E-state index >= 15 is 0 Å². The molecule has 1 aliphatic heterocycles. The number of aromatic nitrogens is 2. The van der Waals surface area contributed by atoms with E-state index in [9.17, 15) is 0 Å². The lowest BCUT2D eigenvalue weighted by molar-refractivity contribution is 0.352. The Morgan fingerprint density at radius 2 is 2.37 bits per heavy atom. The summed E-state index contributed by atoms with van der Waals surface area (Å²) < 4.78 is 8.59. The van der Waals surface area contributed by atoms with Crippen molar-refractivity contribution in [2.75, 3.05) is 6.61 Å². The summed E-state index contributed by atoms with van der Waals surface area (Å²) in [4.78, 5) is 0. The van der Waals surface area contributed by atoms with E-state index in [4.69, 9.17) is 10.5 Å². The number of aryl methyl sites for hydroxylation is 1. The van der Waals surface area contributed by atoms with Crippen LogP contribution in [0.3, 0.4) is 0 Å². The van der Waals surface area contributed by atoms with E-state index in [2.05, 4.69) is 33.2 Å². The molecule has 0 aliphatic carbocycles. The molecule has 1 aromatic carbocycles. The van der Waals surface area contributed by atoms with Gasteiger partial charge in [-0.15, -0.1) is 0 Å². The minimum atomic E-state index is -0.0590. The molecule has 0 saturated carbocycles. The maximum Gasteiger partial charge on any atom is 0.125 e. The molecule has 1 atom stereocenters. The fraction of sp³-hybridized carbons (Fsp3) is 0.357. The van der Waals surface area contributed by atoms with E-state index in [1.54, 1.807) is 4.68 Å². The highest BCUT2D eigenvalue weighted by molar-refractivity contribution is 9.10. The summed E-state index contributed by atoms with van der Waals surface area (Å²) in [7, 11) is 1.90. The molecule has 2 N–H and O–H groups in total. The van der Waals surface area contributed by atoms with E-state index in [1.165, 1.54) is 11.1 Å². The lowest BCUT2D eigenvalue weighted by atomic mass is 9.99. The van der Waals surface area contributed by atoms with Gasteiger partial charge in [0.1, 0.15) is 5.75 Å². The first-order chi connectivity index (χ1) is 9.13. The highest BCUT2D eigenvalue weighted by Crippen LogP contribution is 2.34. The lowest BCUT2D eigenvalue weighted by Gasteiger charge is -2.13. The molecule has 0 bridgehead atoms. The van der Waals surface area contributed by atoms with Crippen LogP contribution in [-0.2, 0) is 19.9 Å². The Bertz CT molecular complexity index is 609. The van der Waals surface area contributed by atoms with Gasteiger partial charge in [0.25, 0.3) is 0 Å². The molecule has 5 heteroatoms. The zero-order chi connectivity index (χ0) is 13.4. The first-order valence-corrected chi connectivity index (χ1v) is 7.11. The second-order valence-corrected chi connectivity index (χ2v) is 5.83. The monoisotopic (exact) mass is 321 g/mol. The van der Waals surface area contributed by atoms with Gasteiger partial charge >= 0.3 is 0 Å². The van der Waals surface area contributed by atoms with Crippen LogP contribution in [0.4, 0.5) is 0 Å². The predicted molar refractivity (Wildman–Crippen MR) is 77.2 cm³/mol. The van der Waals surface area contributed by atoms with Crippen LogP contribution in [0.25, 0.3) is 0 Å². The molecule has 2 aromatic rings. The summed E-state index contributed by atoms with van der Waals surface area (Å²) in [5, 5.41) is 4.17. The molecule has 0 saturated heterocycles. The molecule has 3 rings (SSSR count). The van der Waals surface area contributed by atoms with Gasteiger partial charge in [0.05, 0.1) is 12.8 Å². The summed E-state index contributed by atoms with van der Waals surface area (Å²) in [6.07, 6.45) is 5.52. The van der Waals surface area contributed by atoms with E-state index in [0.29, 0.717) is 0 Å². The van der Waals surface area contributed by atoms with Crippen LogP contribution in [0, 0.1) is 0 Å². The van der Waals surface area contributed by atoms with Crippen LogP contribution in [-0.4, -0.2) is 16.4 Å². The second kappa shape index (κ2) is 4.98. The highest BCUT2D eigenvalue weighted by atomic mass is 79.9. The van der Waals surface area contributed by atoms with Gasteiger partial charge in [-0.05, 0) is 29.7 Å². The SMILES string of the molecule is Cn1cc(C(N)Cc2cc(Br)cc3c2OCC3)cn1. The molecule has 1 unspecified atom stereocenters. The number of nitrogens with zero attached hydrogens (tertiary/aromatic N) is 2. The van der Waals surface area contributed by atoms with Gasteiger partial charge in [0.2, 0.25) is 0 Å². The summed E-state index contributed by atoms with van der Waals surface area (Å²) in [5.74, 6) is 1.02. The summed E-state index contributed by atoms with van der Waals surface area (Å²) in [6.45, 7) is 0.765. The van der Waals surface area contributed by atoms with Crippen LogP contribution >= 0.6 is 15.9 Å². The molecule has 1 aliphatic rings. The van der Waals surface area contributed by atoms with Crippen molar-refractivity contribution in [3.63, 3.8) is 0 Å². The second-order valence-electron chi connectivity index (χ2n) is 4.91. The molecule has 0 amide bonds. The third kappa shape index (κ3) is 2.53. The highest BCUT2D eigenvalue weighted by Gasteiger charge is 2.20. The number of fused-ring (bicyclic) bond motifs is 1. The van der Waals surface area contributed by atoms with E-state index in [0.717, 1.165) is 35.2 Å². The van der Waals surface area contributed by atoms with Gasteiger partial charge in [-0.25, -0.2) is 0 Å². The van der Waals surface area contributed by atoms with Crippen molar-refractivity contribution >= 4 is 15.9 Å². The average Bonchev–Trinajstić information content (AvgIpc) is 2.97. The van der Waals surface area contributed by atoms with Crippen molar-refractivity contribution in [2.45, 2.75) is 18.9 Å². The molecule has 0 fully saturated rings. The standard InChI is InChI=1S/C14H16BrN3O/c1-18-8-11(7-17-18)13(16)6-10-5-12(15)4-9-2-3-19-14(9)10/h4-5,7-8,13H,2-3,6,16H2,1H3. The van der Waals surface area contributed by atoms with Crippen molar-refractivity contribution in [1.82, 2.24) is 9.78 Å². The number of halogens is 1. The van der Waals surface area contributed by atoms with Crippen LogP contribution < -0.4 is 10.5 Å². The Morgan fingerprint density at radius 1 is 1.53 bits per heavy atom. The Labute approximate surface area is 120 Å². The third-order valence-electron chi connectivity index (χ3n) is 3.42. The molecule has 4 nitrogen and oxygen atoms in total. The van der Waals surface area contributed by atoms with Gasteiger partial charge in [-0.1, -0.05) is 15.9 Å². The molecular weight excluding hydrogens is 306 g/mol. The fourth-order valence-corrected chi connectivity index (χ4v) is 3.04. The number of benzene rings is 1. The van der Waals surface area contributed by atoms with Gasteiger partial charge in [-0.3, -0.25) is 4.68 Å². The van der Waals surface area contributed by atoms with Crippen molar-refractivity contribution in [2.24, 2.45) is 12.8 Å². The van der Waals surface area contributed by atoms with Gasteiger partial charge in [0.15, 0.2) is 0 Å². The number of rotatable bonds is 3. The van der Waals surface area contributed by atoms with Gasteiger partial charge < -0.3 is 10.5 Å². The Morgan fingerprint density at radius 3 is 3.11 bits per heavy atom. The first kappa shape index (κ1) is 12.7. The Kier molecular flexibility index (Phi) is 3.33. The minimum absolute atomic E-state index is 0.0590. The van der Waals surface area contributed by atoms with Crippen LogP contribution in [0.1, 0.15) is 22.7 Å². The zero-order valence-electron chi connectivity index (χ0n) is 10.8. The van der Waals surface area contributed by atoms with Crippen LogP contribution in [0.15, 0.2) is 29.0 Å². The predicted octanol–water partition coefficient (Wildman–Crippen LogP) is 2.36. The third-order valence-corrected chi connectivity index (χ3v) is 3.88. The fourth-order valence-electron chi connectivity index (χ4n) is 2.48. The van der Waals surface area contributed by atoms with Crippen molar-refractivity contribution in [3.05, 3.63) is 45.7 Å². The average molecular weight is 322 g/mol. The van der Waals surface area contributed by atoms with E-state index in [1.807, 2.05) is 19.4 Å². The zero-order valence-corrected chi connectivity index (χ0v) is 12.4. The van der Waals surface area contributed by atoms with Gasteiger partial charge in [0, 0.05) is 35.7 Å². The van der Waals surface area contributed by atoms with Crippen molar-refractivity contribution in [3.8, 4) is 5.75 Å². The minimum Gasteiger partial charge on any atom is -0.493 e.